The molecule has 1 atom stereocenters. The van der Waals surface area contributed by atoms with Gasteiger partial charge in [0.2, 0.25) is 5.91 Å². The lowest BCUT2D eigenvalue weighted by Gasteiger charge is -2.24. The highest BCUT2D eigenvalue weighted by atomic mass is 16.5. The molecule has 146 valence electrons. The number of ether oxygens (including phenoxy) is 2. The lowest BCUT2D eigenvalue weighted by molar-refractivity contribution is -0.116. The van der Waals surface area contributed by atoms with Crippen LogP contribution in [-0.4, -0.2) is 28.9 Å². The minimum absolute atomic E-state index is 0.0502. The lowest BCUT2D eigenvalue weighted by atomic mass is 9.87. The van der Waals surface area contributed by atoms with Crippen molar-refractivity contribution in [2.24, 2.45) is 0 Å². The number of para-hydroxylation sites is 1. The highest BCUT2D eigenvalue weighted by Gasteiger charge is 2.31. The molecule has 0 spiro atoms. The maximum Gasteiger partial charge on any atom is 0.226 e. The Kier molecular flexibility index (Phi) is 5.21. The summed E-state index contributed by atoms with van der Waals surface area (Å²) in [5.41, 5.74) is 2.82. The number of hydrogen-bond donors (Lipinski definition) is 1. The van der Waals surface area contributed by atoms with E-state index >= 15 is 0 Å². The fourth-order valence-corrected chi connectivity index (χ4v) is 3.53. The van der Waals surface area contributed by atoms with Gasteiger partial charge in [-0.1, -0.05) is 30.2 Å². The van der Waals surface area contributed by atoms with Gasteiger partial charge in [-0.2, -0.15) is 5.10 Å². The number of anilines is 1. The van der Waals surface area contributed by atoms with Gasteiger partial charge >= 0.3 is 0 Å². The van der Waals surface area contributed by atoms with Gasteiger partial charge in [-0.05, 0) is 36.8 Å². The van der Waals surface area contributed by atoms with Crippen molar-refractivity contribution in [1.82, 2.24) is 9.78 Å². The smallest absolute Gasteiger partial charge is 0.226 e. The topological polar surface area (TPSA) is 65.4 Å². The summed E-state index contributed by atoms with van der Waals surface area (Å²) in [7, 11) is 0. The molecule has 0 bridgehead atoms. The highest BCUT2D eigenvalue weighted by molar-refractivity contribution is 5.94. The zero-order chi connectivity index (χ0) is 20.2. The molecule has 6 nitrogen and oxygen atoms in total. The van der Waals surface area contributed by atoms with Crippen LogP contribution in [0.3, 0.4) is 0 Å². The van der Waals surface area contributed by atoms with E-state index in [0.29, 0.717) is 30.3 Å². The van der Waals surface area contributed by atoms with E-state index in [0.717, 1.165) is 16.8 Å². The van der Waals surface area contributed by atoms with Crippen LogP contribution >= 0.6 is 0 Å². The maximum absolute atomic E-state index is 12.5. The first kappa shape index (κ1) is 18.6. The molecule has 1 aliphatic heterocycles. The number of nitrogens with zero attached hydrogens (tertiary/aromatic N) is 2. The van der Waals surface area contributed by atoms with E-state index < -0.39 is 0 Å². The minimum atomic E-state index is -0.128. The van der Waals surface area contributed by atoms with E-state index in [1.807, 2.05) is 61.7 Å². The van der Waals surface area contributed by atoms with Gasteiger partial charge in [0.1, 0.15) is 12.4 Å². The van der Waals surface area contributed by atoms with Crippen LogP contribution < -0.4 is 14.8 Å². The van der Waals surface area contributed by atoms with Crippen molar-refractivity contribution >= 4 is 11.7 Å². The molecule has 29 heavy (non-hydrogen) atoms. The molecule has 0 saturated carbocycles. The van der Waals surface area contributed by atoms with Gasteiger partial charge in [-0.15, -0.1) is 6.42 Å². The Morgan fingerprint density at radius 1 is 1.21 bits per heavy atom. The first-order valence-electron chi connectivity index (χ1n) is 9.47. The van der Waals surface area contributed by atoms with E-state index in [-0.39, 0.29) is 18.4 Å². The second-order valence-electron chi connectivity index (χ2n) is 6.63. The van der Waals surface area contributed by atoms with Crippen molar-refractivity contribution in [2.45, 2.75) is 19.3 Å². The second kappa shape index (κ2) is 8.11. The molecule has 2 heterocycles. The number of aromatic nitrogens is 2. The van der Waals surface area contributed by atoms with Gasteiger partial charge in [0.15, 0.2) is 11.5 Å². The predicted molar refractivity (Wildman–Crippen MR) is 111 cm³/mol. The Balaban J connectivity index is 1.74. The molecule has 1 aromatic heterocycles. The predicted octanol–water partition coefficient (Wildman–Crippen LogP) is 3.76. The van der Waals surface area contributed by atoms with E-state index in [1.54, 1.807) is 4.68 Å². The summed E-state index contributed by atoms with van der Waals surface area (Å²) >= 11 is 0. The number of terminal acetylenes is 1. The lowest BCUT2D eigenvalue weighted by Crippen LogP contribution is -2.24. The number of amides is 1. The number of carbonyl (C=O) groups excluding carboxylic acids is 1. The molecule has 1 aliphatic rings. The number of benzene rings is 2. The van der Waals surface area contributed by atoms with Gasteiger partial charge in [-0.3, -0.25) is 4.79 Å². The maximum atomic E-state index is 12.5. The number of carbonyl (C=O) groups is 1. The van der Waals surface area contributed by atoms with Crippen molar-refractivity contribution in [3.63, 3.8) is 0 Å². The van der Waals surface area contributed by atoms with Crippen LogP contribution in [0, 0.1) is 12.3 Å². The van der Waals surface area contributed by atoms with Crippen molar-refractivity contribution in [3.8, 4) is 29.5 Å². The third-order valence-electron chi connectivity index (χ3n) is 4.80. The summed E-state index contributed by atoms with van der Waals surface area (Å²) in [5, 5.41) is 7.49. The third kappa shape index (κ3) is 3.67. The van der Waals surface area contributed by atoms with Crippen LogP contribution in [0.1, 0.15) is 30.4 Å². The highest BCUT2D eigenvalue weighted by Crippen LogP contribution is 2.40. The Labute approximate surface area is 169 Å². The average Bonchev–Trinajstić information content (AvgIpc) is 3.17. The molecule has 0 fully saturated rings. The zero-order valence-corrected chi connectivity index (χ0v) is 16.1. The molecular weight excluding hydrogens is 366 g/mol. The molecule has 1 N–H and O–H groups in total. The van der Waals surface area contributed by atoms with Gasteiger partial charge in [0.05, 0.1) is 18.5 Å². The van der Waals surface area contributed by atoms with Gasteiger partial charge in [0, 0.05) is 17.9 Å². The summed E-state index contributed by atoms with van der Waals surface area (Å²) in [6, 6.07) is 15.4. The van der Waals surface area contributed by atoms with Crippen LogP contribution in [0.15, 0.2) is 54.7 Å². The number of hydrogen-bond acceptors (Lipinski definition) is 4. The molecule has 2 aromatic carbocycles. The van der Waals surface area contributed by atoms with Gasteiger partial charge in [-0.25, -0.2) is 4.68 Å². The quantitative estimate of drug-likeness (QED) is 0.654. The molecule has 0 aliphatic carbocycles. The standard InChI is InChI=1S/C23H21N3O3/c1-3-12-29-20-11-10-16(13-21(20)28-4-2)18-14-22(27)25-23-19(18)15-24-26(23)17-8-6-5-7-9-17/h1,5-11,13,15,18H,4,12,14H2,2H3,(H,25,27)/t18-/m1/s1. The van der Waals surface area contributed by atoms with Crippen molar-refractivity contribution in [3.05, 3.63) is 65.9 Å². The van der Waals surface area contributed by atoms with Crippen LogP contribution in [-0.2, 0) is 4.79 Å². The number of nitrogens with one attached hydrogen (secondary N) is 1. The molecule has 0 saturated heterocycles. The summed E-state index contributed by atoms with van der Waals surface area (Å²) in [4.78, 5) is 12.5. The monoisotopic (exact) mass is 387 g/mol. The van der Waals surface area contributed by atoms with E-state index in [1.165, 1.54) is 0 Å². The fourth-order valence-electron chi connectivity index (χ4n) is 3.53. The average molecular weight is 387 g/mol. The summed E-state index contributed by atoms with van der Waals surface area (Å²) in [5.74, 6) is 4.18. The number of rotatable bonds is 6. The van der Waals surface area contributed by atoms with Crippen molar-refractivity contribution in [2.75, 3.05) is 18.5 Å². The minimum Gasteiger partial charge on any atom is -0.490 e. The first-order valence-corrected chi connectivity index (χ1v) is 9.47. The van der Waals surface area contributed by atoms with Gasteiger partial charge in [0.25, 0.3) is 0 Å². The summed E-state index contributed by atoms with van der Waals surface area (Å²) < 4.78 is 13.1. The second-order valence-corrected chi connectivity index (χ2v) is 6.63. The summed E-state index contributed by atoms with van der Waals surface area (Å²) in [6.07, 6.45) is 7.45. The van der Waals surface area contributed by atoms with E-state index in [4.69, 9.17) is 15.9 Å². The molecular formula is C23H21N3O3. The van der Waals surface area contributed by atoms with Crippen LogP contribution in [0.2, 0.25) is 0 Å². The largest absolute Gasteiger partial charge is 0.490 e. The normalized spacial score (nSPS) is 15.2. The van der Waals surface area contributed by atoms with Crippen LogP contribution in [0.4, 0.5) is 5.82 Å². The Hall–Kier alpha value is -3.72. The SMILES string of the molecule is C#CCOc1ccc([C@H]2CC(=O)Nc3c2cnn3-c2ccccc2)cc1OCC. The first-order chi connectivity index (χ1) is 14.2. The molecule has 6 heteroatoms. The molecule has 0 unspecified atom stereocenters. The van der Waals surface area contributed by atoms with Crippen molar-refractivity contribution < 1.29 is 14.3 Å². The van der Waals surface area contributed by atoms with Crippen LogP contribution in [0.25, 0.3) is 5.69 Å². The summed E-state index contributed by atoms with van der Waals surface area (Å²) in [6.45, 7) is 2.57. The van der Waals surface area contributed by atoms with E-state index in [2.05, 4.69) is 16.3 Å². The van der Waals surface area contributed by atoms with E-state index in [9.17, 15) is 4.79 Å². The third-order valence-corrected chi connectivity index (χ3v) is 4.80. The Bertz CT molecular complexity index is 1070. The fraction of sp³-hybridized carbons (Fsp3) is 0.217. The van der Waals surface area contributed by atoms with Gasteiger partial charge < -0.3 is 14.8 Å². The number of fused-ring (bicyclic) bond motifs is 1. The van der Waals surface area contributed by atoms with Crippen molar-refractivity contribution in [1.29, 1.82) is 0 Å². The molecule has 4 rings (SSSR count). The molecule has 3 aromatic rings. The Morgan fingerprint density at radius 3 is 2.79 bits per heavy atom. The molecule has 1 amide bonds. The molecule has 0 radical (unpaired) electrons. The Morgan fingerprint density at radius 2 is 2.03 bits per heavy atom. The zero-order valence-electron chi connectivity index (χ0n) is 16.1. The van der Waals surface area contributed by atoms with Crippen LogP contribution in [0.5, 0.6) is 11.5 Å².